The molecule has 2 aromatic carbocycles. The van der Waals surface area contributed by atoms with Crippen LogP contribution in [-0.2, 0) is 11.4 Å². The molecule has 0 aliphatic heterocycles. The number of nitrogens with one attached hydrogen (secondary N) is 1. The first-order valence-electron chi connectivity index (χ1n) is 10.2. The summed E-state index contributed by atoms with van der Waals surface area (Å²) in [6, 6.07) is 16.7. The Bertz CT molecular complexity index is 1230. The first-order valence-corrected chi connectivity index (χ1v) is 12.1. The minimum Gasteiger partial charge on any atom is -0.497 e. The standard InChI is InChI=1S/C23H22FN5O3S2/c1-31-17-4-2-5-18(12-17)32-13-20-27-28-23(29(20)25)34-14-21(30)26-22(19-6-3-11-33-19)15-7-9-16(24)10-8-15/h2-12,22H,13-14,25H2,1H3,(H,26,30). The molecule has 34 heavy (non-hydrogen) atoms. The van der Waals surface area contributed by atoms with Gasteiger partial charge in [-0.1, -0.05) is 36.0 Å². The van der Waals surface area contributed by atoms with Crippen LogP contribution in [0.25, 0.3) is 0 Å². The van der Waals surface area contributed by atoms with Crippen LogP contribution in [0.5, 0.6) is 11.5 Å². The zero-order valence-corrected chi connectivity index (χ0v) is 19.8. The molecule has 0 radical (unpaired) electrons. The number of thiophene rings is 1. The topological polar surface area (TPSA) is 104 Å². The van der Waals surface area contributed by atoms with Gasteiger partial charge < -0.3 is 20.6 Å². The number of benzene rings is 2. The minimum atomic E-state index is -0.378. The third-order valence-corrected chi connectivity index (χ3v) is 6.69. The zero-order valence-electron chi connectivity index (χ0n) is 18.2. The average Bonchev–Trinajstić information content (AvgIpc) is 3.51. The van der Waals surface area contributed by atoms with Crippen LogP contribution in [0.4, 0.5) is 4.39 Å². The van der Waals surface area contributed by atoms with Crippen LogP contribution in [0, 0.1) is 5.82 Å². The number of carbonyl (C=O) groups excluding carboxylic acids is 1. The van der Waals surface area contributed by atoms with Gasteiger partial charge in [0.2, 0.25) is 11.1 Å². The summed E-state index contributed by atoms with van der Waals surface area (Å²) in [4.78, 5) is 13.7. The molecule has 0 saturated heterocycles. The van der Waals surface area contributed by atoms with E-state index in [1.54, 1.807) is 31.4 Å². The SMILES string of the molecule is COc1cccc(OCc2nnc(SCC(=O)NC(c3ccc(F)cc3)c3cccs3)n2N)c1. The number of amides is 1. The smallest absolute Gasteiger partial charge is 0.231 e. The van der Waals surface area contributed by atoms with Gasteiger partial charge in [0.05, 0.1) is 18.9 Å². The molecule has 0 aliphatic rings. The van der Waals surface area contributed by atoms with Crippen molar-refractivity contribution in [2.45, 2.75) is 17.8 Å². The number of nitrogens with zero attached hydrogens (tertiary/aromatic N) is 3. The van der Waals surface area contributed by atoms with E-state index in [-0.39, 0.29) is 30.1 Å². The van der Waals surface area contributed by atoms with E-state index in [1.165, 1.54) is 28.1 Å². The number of rotatable bonds is 10. The van der Waals surface area contributed by atoms with Gasteiger partial charge in [-0.05, 0) is 41.3 Å². The number of hydrogen-bond donors (Lipinski definition) is 2. The van der Waals surface area contributed by atoms with Gasteiger partial charge in [-0.15, -0.1) is 21.5 Å². The van der Waals surface area contributed by atoms with Gasteiger partial charge in [-0.25, -0.2) is 9.07 Å². The highest BCUT2D eigenvalue weighted by Crippen LogP contribution is 2.27. The Morgan fingerprint density at radius 2 is 1.97 bits per heavy atom. The Labute approximate surface area is 203 Å². The van der Waals surface area contributed by atoms with Crippen molar-refractivity contribution >= 4 is 29.0 Å². The minimum absolute atomic E-state index is 0.0785. The molecular weight excluding hydrogens is 477 g/mol. The van der Waals surface area contributed by atoms with Crippen molar-refractivity contribution < 1.29 is 18.7 Å². The van der Waals surface area contributed by atoms with Gasteiger partial charge in [0, 0.05) is 10.9 Å². The molecule has 2 aromatic heterocycles. The quantitative estimate of drug-likeness (QED) is 0.253. The molecule has 0 bridgehead atoms. The number of nitrogen functional groups attached to an aromatic ring is 1. The molecule has 1 atom stereocenters. The molecule has 8 nitrogen and oxygen atoms in total. The number of methoxy groups -OCH3 is 1. The normalized spacial score (nSPS) is 11.7. The van der Waals surface area contributed by atoms with E-state index in [1.807, 2.05) is 29.6 Å². The van der Waals surface area contributed by atoms with Crippen molar-refractivity contribution in [3.05, 3.63) is 88.1 Å². The molecule has 0 spiro atoms. The van der Waals surface area contributed by atoms with Gasteiger partial charge >= 0.3 is 0 Å². The van der Waals surface area contributed by atoms with Crippen LogP contribution in [0.3, 0.4) is 0 Å². The van der Waals surface area contributed by atoms with Gasteiger partial charge in [0.1, 0.15) is 23.9 Å². The highest BCUT2D eigenvalue weighted by Gasteiger charge is 2.19. The van der Waals surface area contributed by atoms with Crippen molar-refractivity contribution in [2.75, 3.05) is 18.7 Å². The molecule has 176 valence electrons. The summed E-state index contributed by atoms with van der Waals surface area (Å²) in [6.07, 6.45) is 0. The zero-order chi connectivity index (χ0) is 23.9. The molecular formula is C23H22FN5O3S2. The van der Waals surface area contributed by atoms with Crippen LogP contribution >= 0.6 is 23.1 Å². The lowest BCUT2D eigenvalue weighted by Crippen LogP contribution is -2.30. The molecule has 3 N–H and O–H groups in total. The third-order valence-electron chi connectivity index (χ3n) is 4.81. The molecule has 4 aromatic rings. The maximum atomic E-state index is 13.4. The Morgan fingerprint density at radius 1 is 1.18 bits per heavy atom. The largest absolute Gasteiger partial charge is 0.497 e. The number of hydrogen-bond acceptors (Lipinski definition) is 8. The van der Waals surface area contributed by atoms with Crippen molar-refractivity contribution in [1.29, 1.82) is 0 Å². The fourth-order valence-corrected chi connectivity index (χ4v) is 4.59. The van der Waals surface area contributed by atoms with Crippen molar-refractivity contribution in [2.24, 2.45) is 0 Å². The van der Waals surface area contributed by atoms with E-state index in [2.05, 4.69) is 15.5 Å². The van der Waals surface area contributed by atoms with Crippen LogP contribution in [0.15, 0.2) is 71.2 Å². The number of nitrogens with two attached hydrogens (primary N) is 1. The first kappa shape index (κ1) is 23.6. The number of carbonyl (C=O) groups is 1. The summed E-state index contributed by atoms with van der Waals surface area (Å²) in [5.41, 5.74) is 0.793. The second kappa shape index (κ2) is 11.0. The first-order chi connectivity index (χ1) is 16.5. The Hall–Kier alpha value is -3.57. The summed E-state index contributed by atoms with van der Waals surface area (Å²) in [5.74, 6) is 7.32. The average molecular weight is 500 g/mol. The fourth-order valence-electron chi connectivity index (χ4n) is 3.11. The Kier molecular flexibility index (Phi) is 7.65. The van der Waals surface area contributed by atoms with Crippen LogP contribution in [0.2, 0.25) is 0 Å². The molecule has 0 aliphatic carbocycles. The number of thioether (sulfide) groups is 1. The van der Waals surface area contributed by atoms with E-state index in [0.717, 1.165) is 22.2 Å². The fraction of sp³-hybridized carbons (Fsp3) is 0.174. The van der Waals surface area contributed by atoms with Crippen LogP contribution in [0.1, 0.15) is 22.3 Å². The Balaban J connectivity index is 1.36. The van der Waals surface area contributed by atoms with E-state index in [0.29, 0.717) is 22.5 Å². The summed E-state index contributed by atoms with van der Waals surface area (Å²) < 4.78 is 25.5. The lowest BCUT2D eigenvalue weighted by Gasteiger charge is -2.18. The number of aromatic nitrogens is 3. The van der Waals surface area contributed by atoms with Gasteiger partial charge in [0.25, 0.3) is 0 Å². The van der Waals surface area contributed by atoms with Crippen LogP contribution in [-0.4, -0.2) is 33.6 Å². The molecule has 4 rings (SSSR count). The molecule has 1 unspecified atom stereocenters. The van der Waals surface area contributed by atoms with Crippen LogP contribution < -0.4 is 20.6 Å². The Morgan fingerprint density at radius 3 is 2.71 bits per heavy atom. The van der Waals surface area contributed by atoms with E-state index >= 15 is 0 Å². The van der Waals surface area contributed by atoms with Crippen molar-refractivity contribution in [1.82, 2.24) is 20.2 Å². The molecule has 0 fully saturated rings. The van der Waals surface area contributed by atoms with Crippen molar-refractivity contribution in [3.63, 3.8) is 0 Å². The van der Waals surface area contributed by atoms with E-state index in [9.17, 15) is 9.18 Å². The molecule has 1 amide bonds. The van der Waals surface area contributed by atoms with E-state index < -0.39 is 0 Å². The molecule has 2 heterocycles. The maximum absolute atomic E-state index is 13.4. The van der Waals surface area contributed by atoms with Gasteiger partial charge in [-0.2, -0.15) is 0 Å². The maximum Gasteiger partial charge on any atom is 0.231 e. The predicted octanol–water partition coefficient (Wildman–Crippen LogP) is 3.78. The summed E-state index contributed by atoms with van der Waals surface area (Å²) in [5, 5.41) is 13.4. The second-order valence-corrected chi connectivity index (χ2v) is 9.01. The highest BCUT2D eigenvalue weighted by atomic mass is 32.2. The number of ether oxygens (including phenoxy) is 2. The van der Waals surface area contributed by atoms with E-state index in [4.69, 9.17) is 15.3 Å². The summed E-state index contributed by atoms with van der Waals surface area (Å²) >= 11 is 2.68. The summed E-state index contributed by atoms with van der Waals surface area (Å²) in [7, 11) is 1.58. The van der Waals surface area contributed by atoms with Gasteiger partial charge in [-0.3, -0.25) is 4.79 Å². The summed E-state index contributed by atoms with van der Waals surface area (Å²) in [6.45, 7) is 0.106. The van der Waals surface area contributed by atoms with Crippen molar-refractivity contribution in [3.8, 4) is 11.5 Å². The lowest BCUT2D eigenvalue weighted by molar-refractivity contribution is -0.119. The lowest BCUT2D eigenvalue weighted by atomic mass is 10.1. The monoisotopic (exact) mass is 499 g/mol. The highest BCUT2D eigenvalue weighted by molar-refractivity contribution is 7.99. The number of halogens is 1. The van der Waals surface area contributed by atoms with Gasteiger partial charge in [0.15, 0.2) is 5.82 Å². The second-order valence-electron chi connectivity index (χ2n) is 7.09. The molecule has 0 saturated carbocycles. The molecule has 11 heteroatoms. The third kappa shape index (κ3) is 5.86. The predicted molar refractivity (Wildman–Crippen MR) is 129 cm³/mol.